The molecule has 0 amide bonds. The molecule has 2 nitrogen and oxygen atoms in total. The van der Waals surface area contributed by atoms with E-state index in [0.717, 1.165) is 12.8 Å². The molecule has 0 aliphatic carbocycles. The Bertz CT molecular complexity index is 272. The highest BCUT2D eigenvalue weighted by Crippen LogP contribution is 2.21. The van der Waals surface area contributed by atoms with Crippen molar-refractivity contribution < 1.29 is 9.53 Å². The third-order valence-corrected chi connectivity index (χ3v) is 2.43. The zero-order chi connectivity index (χ0) is 12.8. The van der Waals surface area contributed by atoms with Crippen LogP contribution in [-0.2, 0) is 9.53 Å². The monoisotopic (exact) mass is 224 g/mol. The van der Waals surface area contributed by atoms with E-state index in [-0.39, 0.29) is 11.9 Å². The Kier molecular flexibility index (Phi) is 6.09. The molecule has 0 bridgehead atoms. The largest absolute Gasteiger partial charge is 0.455 e. The van der Waals surface area contributed by atoms with Crippen molar-refractivity contribution in [1.82, 2.24) is 0 Å². The molecule has 0 fully saturated rings. The standard InChI is InChI=1S/C14H24O2/c1-7-14(6,10-8-9-11(2)3)16-13(15)12(4)5/h7,9,12H,1,8,10H2,2-6H3/t14-/m1/s1. The minimum Gasteiger partial charge on any atom is -0.455 e. The minimum absolute atomic E-state index is 0.0947. The Hall–Kier alpha value is -1.05. The van der Waals surface area contributed by atoms with Crippen LogP contribution in [0.25, 0.3) is 0 Å². The Balaban J connectivity index is 4.37. The topological polar surface area (TPSA) is 26.3 Å². The summed E-state index contributed by atoms with van der Waals surface area (Å²) in [5.74, 6) is -0.262. The van der Waals surface area contributed by atoms with Crippen LogP contribution in [0.15, 0.2) is 24.3 Å². The summed E-state index contributed by atoms with van der Waals surface area (Å²) in [6, 6.07) is 0. The molecule has 2 heteroatoms. The van der Waals surface area contributed by atoms with Crippen LogP contribution in [0.4, 0.5) is 0 Å². The highest BCUT2D eigenvalue weighted by Gasteiger charge is 2.25. The molecule has 0 spiro atoms. The summed E-state index contributed by atoms with van der Waals surface area (Å²) in [5, 5.41) is 0. The summed E-state index contributed by atoms with van der Waals surface area (Å²) >= 11 is 0. The number of rotatable bonds is 6. The lowest BCUT2D eigenvalue weighted by Gasteiger charge is -2.26. The predicted octanol–water partition coefficient (Wildman–Crippen LogP) is 3.88. The summed E-state index contributed by atoms with van der Waals surface area (Å²) < 4.78 is 5.44. The van der Waals surface area contributed by atoms with E-state index < -0.39 is 5.60 Å². The van der Waals surface area contributed by atoms with Crippen molar-refractivity contribution >= 4 is 5.97 Å². The molecular formula is C14H24O2. The number of hydrogen-bond donors (Lipinski definition) is 0. The van der Waals surface area contributed by atoms with E-state index in [9.17, 15) is 4.79 Å². The van der Waals surface area contributed by atoms with Gasteiger partial charge in [-0.3, -0.25) is 4.79 Å². The first-order valence-corrected chi connectivity index (χ1v) is 5.80. The maximum atomic E-state index is 11.5. The van der Waals surface area contributed by atoms with Gasteiger partial charge in [0, 0.05) is 0 Å². The molecule has 0 radical (unpaired) electrons. The molecule has 0 N–H and O–H groups in total. The highest BCUT2D eigenvalue weighted by molar-refractivity contribution is 5.72. The van der Waals surface area contributed by atoms with Crippen LogP contribution in [0, 0.1) is 5.92 Å². The Morgan fingerprint density at radius 1 is 1.44 bits per heavy atom. The lowest BCUT2D eigenvalue weighted by molar-refractivity contribution is -0.158. The second kappa shape index (κ2) is 6.51. The number of hydrogen-bond acceptors (Lipinski definition) is 2. The van der Waals surface area contributed by atoms with Crippen LogP contribution < -0.4 is 0 Å². The quantitative estimate of drug-likeness (QED) is 0.505. The summed E-state index contributed by atoms with van der Waals surface area (Å²) in [4.78, 5) is 11.5. The van der Waals surface area contributed by atoms with Gasteiger partial charge >= 0.3 is 5.97 Å². The van der Waals surface area contributed by atoms with Gasteiger partial charge in [0.25, 0.3) is 0 Å². The van der Waals surface area contributed by atoms with Gasteiger partial charge in [0.2, 0.25) is 0 Å². The van der Waals surface area contributed by atoms with Crippen LogP contribution in [0.1, 0.15) is 47.5 Å². The molecule has 0 unspecified atom stereocenters. The van der Waals surface area contributed by atoms with E-state index in [2.05, 4.69) is 26.5 Å². The maximum absolute atomic E-state index is 11.5. The van der Waals surface area contributed by atoms with E-state index >= 15 is 0 Å². The third-order valence-electron chi connectivity index (χ3n) is 2.43. The molecule has 92 valence electrons. The molecule has 0 saturated carbocycles. The molecule has 0 aromatic carbocycles. The van der Waals surface area contributed by atoms with Crippen LogP contribution >= 0.6 is 0 Å². The molecule has 1 atom stereocenters. The fourth-order valence-corrected chi connectivity index (χ4v) is 1.19. The first-order chi connectivity index (χ1) is 7.30. The van der Waals surface area contributed by atoms with Gasteiger partial charge < -0.3 is 4.74 Å². The molecular weight excluding hydrogens is 200 g/mol. The average Bonchev–Trinajstić information content (AvgIpc) is 2.16. The van der Waals surface area contributed by atoms with Crippen molar-refractivity contribution in [2.24, 2.45) is 5.92 Å². The van der Waals surface area contributed by atoms with Crippen molar-refractivity contribution in [3.05, 3.63) is 24.3 Å². The first kappa shape index (κ1) is 14.9. The number of allylic oxidation sites excluding steroid dienone is 2. The fraction of sp³-hybridized carbons (Fsp3) is 0.643. The van der Waals surface area contributed by atoms with E-state index in [1.54, 1.807) is 6.08 Å². The normalized spacial score (nSPS) is 14.1. The Morgan fingerprint density at radius 3 is 2.38 bits per heavy atom. The van der Waals surface area contributed by atoms with Gasteiger partial charge in [0.05, 0.1) is 5.92 Å². The lowest BCUT2D eigenvalue weighted by atomic mass is 9.99. The molecule has 0 heterocycles. The summed E-state index contributed by atoms with van der Waals surface area (Å²) in [6.07, 6.45) is 5.54. The van der Waals surface area contributed by atoms with Gasteiger partial charge in [-0.15, -0.1) is 0 Å². The van der Waals surface area contributed by atoms with Crippen molar-refractivity contribution in [2.45, 2.75) is 53.1 Å². The van der Waals surface area contributed by atoms with Gasteiger partial charge in [-0.05, 0) is 39.7 Å². The van der Waals surface area contributed by atoms with E-state index in [4.69, 9.17) is 4.74 Å². The van der Waals surface area contributed by atoms with Crippen LogP contribution in [0.3, 0.4) is 0 Å². The smallest absolute Gasteiger partial charge is 0.309 e. The zero-order valence-electron chi connectivity index (χ0n) is 11.2. The number of carbonyl (C=O) groups excluding carboxylic acids is 1. The third kappa shape index (κ3) is 5.74. The van der Waals surface area contributed by atoms with Gasteiger partial charge in [0.15, 0.2) is 0 Å². The van der Waals surface area contributed by atoms with Crippen LogP contribution in [0.5, 0.6) is 0 Å². The zero-order valence-corrected chi connectivity index (χ0v) is 11.2. The molecule has 0 saturated heterocycles. The Morgan fingerprint density at radius 2 is 2.00 bits per heavy atom. The van der Waals surface area contributed by atoms with Gasteiger partial charge in [-0.25, -0.2) is 0 Å². The van der Waals surface area contributed by atoms with E-state index in [1.807, 2.05) is 20.8 Å². The maximum Gasteiger partial charge on any atom is 0.309 e. The second-order valence-corrected chi connectivity index (χ2v) is 4.91. The molecule has 16 heavy (non-hydrogen) atoms. The summed E-state index contributed by atoms with van der Waals surface area (Å²) in [5.41, 5.74) is 0.731. The second-order valence-electron chi connectivity index (χ2n) is 4.91. The molecule has 0 aliphatic heterocycles. The molecule has 0 aromatic rings. The number of carbonyl (C=O) groups is 1. The SMILES string of the molecule is C=C[C@](C)(CCC=C(C)C)OC(=O)C(C)C. The fourth-order valence-electron chi connectivity index (χ4n) is 1.19. The van der Waals surface area contributed by atoms with Crippen molar-refractivity contribution in [1.29, 1.82) is 0 Å². The van der Waals surface area contributed by atoms with E-state index in [1.165, 1.54) is 5.57 Å². The summed E-state index contributed by atoms with van der Waals surface area (Å²) in [7, 11) is 0. The highest BCUT2D eigenvalue weighted by atomic mass is 16.6. The van der Waals surface area contributed by atoms with Crippen molar-refractivity contribution in [3.8, 4) is 0 Å². The minimum atomic E-state index is -0.548. The Labute approximate surface area is 99.4 Å². The summed E-state index contributed by atoms with van der Waals surface area (Å²) in [6.45, 7) is 13.4. The molecule has 0 aromatic heterocycles. The van der Waals surface area contributed by atoms with Gasteiger partial charge in [0.1, 0.15) is 5.60 Å². The number of esters is 1. The molecule has 0 aliphatic rings. The first-order valence-electron chi connectivity index (χ1n) is 5.80. The van der Waals surface area contributed by atoms with Gasteiger partial charge in [-0.2, -0.15) is 0 Å². The average molecular weight is 224 g/mol. The molecule has 0 rings (SSSR count). The van der Waals surface area contributed by atoms with E-state index in [0.29, 0.717) is 0 Å². The van der Waals surface area contributed by atoms with Crippen molar-refractivity contribution in [2.75, 3.05) is 0 Å². The van der Waals surface area contributed by atoms with Crippen molar-refractivity contribution in [3.63, 3.8) is 0 Å². The van der Waals surface area contributed by atoms with Gasteiger partial charge in [-0.1, -0.05) is 32.1 Å². The number of ether oxygens (including phenoxy) is 1. The predicted molar refractivity (Wildman–Crippen MR) is 68.2 cm³/mol. The van der Waals surface area contributed by atoms with Crippen LogP contribution in [-0.4, -0.2) is 11.6 Å². The lowest BCUT2D eigenvalue weighted by Crippen LogP contribution is -2.31. The van der Waals surface area contributed by atoms with Crippen LogP contribution in [0.2, 0.25) is 0 Å².